The number of likely N-dealkylation sites (N-methyl/N-ethyl adjacent to an activating group) is 1. The number of ether oxygens (including phenoxy) is 1. The van der Waals surface area contributed by atoms with E-state index < -0.39 is 24.0 Å². The summed E-state index contributed by atoms with van der Waals surface area (Å²) < 4.78 is 46.6. The first kappa shape index (κ1) is 25.8. The van der Waals surface area contributed by atoms with Crippen LogP contribution in [0.2, 0.25) is 0 Å². The molecule has 0 amide bonds. The summed E-state index contributed by atoms with van der Waals surface area (Å²) in [5.74, 6) is 0.0535. The van der Waals surface area contributed by atoms with Crippen LogP contribution in [0.1, 0.15) is 17.8 Å². The van der Waals surface area contributed by atoms with Gasteiger partial charge in [0.15, 0.2) is 0 Å². The van der Waals surface area contributed by atoms with Gasteiger partial charge in [0.25, 0.3) is 6.43 Å². The van der Waals surface area contributed by atoms with E-state index >= 15 is 0 Å². The minimum atomic E-state index is -2.81. The highest BCUT2D eigenvalue weighted by Gasteiger charge is 2.22. The zero-order valence-electron chi connectivity index (χ0n) is 20.1. The van der Waals surface area contributed by atoms with E-state index in [1.54, 1.807) is 43.3 Å². The van der Waals surface area contributed by atoms with Gasteiger partial charge in [0, 0.05) is 31.0 Å². The van der Waals surface area contributed by atoms with Crippen LogP contribution in [0.25, 0.3) is 22.4 Å². The van der Waals surface area contributed by atoms with Gasteiger partial charge >= 0.3 is 0 Å². The maximum absolute atomic E-state index is 13.6. The van der Waals surface area contributed by atoms with Crippen LogP contribution in [0.15, 0.2) is 60.8 Å². The third-order valence-corrected chi connectivity index (χ3v) is 5.43. The fourth-order valence-corrected chi connectivity index (χ4v) is 3.81. The van der Waals surface area contributed by atoms with Crippen LogP contribution < -0.4 is 15.4 Å². The summed E-state index contributed by atoms with van der Waals surface area (Å²) >= 11 is 0. The topological polar surface area (TPSA) is 110 Å². The average Bonchev–Trinajstić information content (AvgIpc) is 2.87. The second-order valence-electron chi connectivity index (χ2n) is 8.37. The second kappa shape index (κ2) is 11.2. The highest BCUT2D eigenvalue weighted by atomic mass is 19.3. The lowest BCUT2D eigenvalue weighted by Gasteiger charge is -2.22. The summed E-state index contributed by atoms with van der Waals surface area (Å²) in [5, 5.41) is 10.6. The Kier molecular flexibility index (Phi) is 7.83. The molecule has 0 fully saturated rings. The normalized spacial score (nSPS) is 12.0. The van der Waals surface area contributed by atoms with E-state index in [-0.39, 0.29) is 36.2 Å². The first-order chi connectivity index (χ1) is 17.7. The van der Waals surface area contributed by atoms with E-state index in [0.717, 1.165) is 0 Å². The van der Waals surface area contributed by atoms with Crippen molar-refractivity contribution in [2.24, 2.45) is 0 Å². The third-order valence-electron chi connectivity index (χ3n) is 5.43. The number of nitrogens with zero attached hydrogens (tertiary/aromatic N) is 5. The number of rotatable bonds is 9. The van der Waals surface area contributed by atoms with Gasteiger partial charge in [0.05, 0.1) is 11.3 Å². The van der Waals surface area contributed by atoms with E-state index in [1.807, 2.05) is 6.07 Å². The molecule has 37 heavy (non-hydrogen) atoms. The number of nitrogens with two attached hydrogens (primary N) is 1. The molecule has 0 bridgehead atoms. The van der Waals surface area contributed by atoms with Gasteiger partial charge in [-0.15, -0.1) is 0 Å². The number of aromatic nitrogens is 4. The molecular weight excluding hydrogens is 485 g/mol. The summed E-state index contributed by atoms with van der Waals surface area (Å²) in [6, 6.07) is 13.7. The third kappa shape index (κ3) is 6.31. The van der Waals surface area contributed by atoms with Crippen LogP contribution in [0.5, 0.6) is 5.88 Å². The smallest absolute Gasteiger partial charge is 0.280 e. The molecule has 0 saturated carbocycles. The van der Waals surface area contributed by atoms with Crippen molar-refractivity contribution < 1.29 is 23.0 Å². The lowest BCUT2D eigenvalue weighted by atomic mass is 9.99. The summed E-state index contributed by atoms with van der Waals surface area (Å²) in [5.41, 5.74) is 7.18. The van der Waals surface area contributed by atoms with Crippen LogP contribution in [0.3, 0.4) is 0 Å². The number of halogens is 3. The van der Waals surface area contributed by atoms with Crippen molar-refractivity contribution in [3.8, 4) is 28.3 Å². The number of alkyl halides is 2. The largest absolute Gasteiger partial charge is 0.474 e. The predicted octanol–water partition coefficient (Wildman–Crippen LogP) is 4.44. The number of pyridine rings is 2. The molecule has 0 aliphatic rings. The number of hydrogen-bond donors (Lipinski definition) is 2. The molecule has 192 valence electrons. The van der Waals surface area contributed by atoms with Gasteiger partial charge in [0.2, 0.25) is 11.8 Å². The van der Waals surface area contributed by atoms with Gasteiger partial charge < -0.3 is 20.5 Å². The molecule has 3 N–H and O–H groups in total. The zero-order chi connectivity index (χ0) is 26.5. The maximum atomic E-state index is 13.6. The van der Waals surface area contributed by atoms with Gasteiger partial charge in [0.1, 0.15) is 30.0 Å². The first-order valence-corrected chi connectivity index (χ1v) is 11.3. The lowest BCUT2D eigenvalue weighted by molar-refractivity contribution is 0.111. The Bertz CT molecular complexity index is 1360. The minimum absolute atomic E-state index is 0.0165. The Hall–Kier alpha value is -4.25. The van der Waals surface area contributed by atoms with Crippen molar-refractivity contribution >= 4 is 11.8 Å². The lowest BCUT2D eigenvalue weighted by Crippen LogP contribution is -2.33. The van der Waals surface area contributed by atoms with E-state index in [1.165, 1.54) is 30.3 Å². The molecule has 11 heteroatoms. The van der Waals surface area contributed by atoms with Crippen molar-refractivity contribution in [3.63, 3.8) is 0 Å². The van der Waals surface area contributed by atoms with Crippen LogP contribution in [-0.4, -0.2) is 51.3 Å². The number of aliphatic hydroxyl groups is 1. The predicted molar refractivity (Wildman–Crippen MR) is 134 cm³/mol. The quantitative estimate of drug-likeness (QED) is 0.340. The number of aliphatic hydroxyl groups excluding tert-OH is 1. The highest BCUT2D eigenvalue weighted by Crippen LogP contribution is 2.39. The Morgan fingerprint density at radius 3 is 2.46 bits per heavy atom. The molecule has 3 heterocycles. The molecule has 8 nitrogen and oxygen atoms in total. The van der Waals surface area contributed by atoms with Gasteiger partial charge in [-0.1, -0.05) is 6.07 Å². The minimum Gasteiger partial charge on any atom is -0.474 e. The Morgan fingerprint density at radius 1 is 1.03 bits per heavy atom. The molecule has 0 saturated heterocycles. The van der Waals surface area contributed by atoms with E-state index in [2.05, 4.69) is 19.9 Å². The molecule has 0 aliphatic carbocycles. The average molecular weight is 511 g/mol. The molecule has 0 spiro atoms. The van der Waals surface area contributed by atoms with Crippen molar-refractivity contribution in [1.29, 1.82) is 0 Å². The molecule has 1 aromatic carbocycles. The summed E-state index contributed by atoms with van der Waals surface area (Å²) in [7, 11) is 1.78. The number of benzene rings is 1. The van der Waals surface area contributed by atoms with Crippen molar-refractivity contribution in [2.75, 3.05) is 30.8 Å². The van der Waals surface area contributed by atoms with Crippen molar-refractivity contribution in [3.05, 3.63) is 78.0 Å². The first-order valence-electron chi connectivity index (χ1n) is 11.3. The van der Waals surface area contributed by atoms with E-state index in [9.17, 15) is 18.3 Å². The molecule has 3 aromatic heterocycles. The second-order valence-corrected chi connectivity index (χ2v) is 8.37. The molecule has 1 unspecified atom stereocenters. The number of anilines is 2. The molecular formula is C26H25F3N6O2. The Balaban J connectivity index is 1.72. The molecule has 4 rings (SSSR count). The Morgan fingerprint density at radius 2 is 1.78 bits per heavy atom. The van der Waals surface area contributed by atoms with Crippen LogP contribution >= 0.6 is 0 Å². The summed E-state index contributed by atoms with van der Waals surface area (Å²) in [6.45, 7) is 1.60. The fraction of sp³-hybridized carbons (Fsp3) is 0.231. The fourth-order valence-electron chi connectivity index (χ4n) is 3.81. The van der Waals surface area contributed by atoms with Gasteiger partial charge in [-0.3, -0.25) is 4.98 Å². The summed E-state index contributed by atoms with van der Waals surface area (Å²) in [6.07, 6.45) is -2.12. The van der Waals surface area contributed by atoms with Gasteiger partial charge in [-0.25, -0.2) is 23.1 Å². The summed E-state index contributed by atoms with van der Waals surface area (Å²) in [4.78, 5) is 18.4. The standard InChI is InChI=1S/C26H25F3N6O2/c1-15-11-17(12-20(32-15)24(28)29)22-23(16-6-8-18(27)9-7-16)33-26(30)34-25(22)37-14-19(36)13-35(2)21-5-3-4-10-31-21/h3-12,19,24,36H,13-14H2,1-2H3,(H2,30,33,34). The zero-order valence-corrected chi connectivity index (χ0v) is 20.1. The molecule has 0 aliphatic heterocycles. The van der Waals surface area contributed by atoms with Crippen molar-refractivity contribution in [2.45, 2.75) is 19.5 Å². The monoisotopic (exact) mass is 510 g/mol. The van der Waals surface area contributed by atoms with Crippen LogP contribution in [0, 0.1) is 12.7 Å². The van der Waals surface area contributed by atoms with E-state index in [4.69, 9.17) is 10.5 Å². The number of hydrogen-bond acceptors (Lipinski definition) is 8. The maximum Gasteiger partial charge on any atom is 0.280 e. The van der Waals surface area contributed by atoms with Crippen LogP contribution in [0.4, 0.5) is 24.9 Å². The molecule has 4 aromatic rings. The van der Waals surface area contributed by atoms with Crippen molar-refractivity contribution in [1.82, 2.24) is 19.9 Å². The number of aryl methyl sites for hydroxylation is 1. The Labute approximate surface area is 211 Å². The highest BCUT2D eigenvalue weighted by molar-refractivity contribution is 5.85. The van der Waals surface area contributed by atoms with Gasteiger partial charge in [-0.05, 0) is 61.0 Å². The molecule has 1 atom stereocenters. The SMILES string of the molecule is Cc1cc(-c2c(OCC(O)CN(C)c3ccccn3)nc(N)nc2-c2ccc(F)cc2)cc(C(F)F)n1. The molecule has 0 radical (unpaired) electrons. The van der Waals surface area contributed by atoms with Gasteiger partial charge in [-0.2, -0.15) is 4.98 Å². The van der Waals surface area contributed by atoms with E-state index in [0.29, 0.717) is 22.6 Å². The number of nitrogen functional groups attached to an aromatic ring is 1. The van der Waals surface area contributed by atoms with Crippen LogP contribution in [-0.2, 0) is 0 Å².